The number of rotatable bonds is 10. The number of amides is 1. The fourth-order valence-corrected chi connectivity index (χ4v) is 8.85. The Bertz CT molecular complexity index is 2880. The quantitative estimate of drug-likeness (QED) is 0.151. The Kier molecular flexibility index (Phi) is 8.76. The molecule has 21 heteroatoms. The van der Waals surface area contributed by atoms with Gasteiger partial charge in [0.05, 0.1) is 39.3 Å². The number of carbonyl (C=O) groups excluding carboxylic acids is 1. The third-order valence-corrected chi connectivity index (χ3v) is 11.2. The van der Waals surface area contributed by atoms with Crippen molar-refractivity contribution in [1.29, 1.82) is 0 Å². The predicted molar refractivity (Wildman–Crippen MR) is 193 cm³/mol. The van der Waals surface area contributed by atoms with Gasteiger partial charge in [0.1, 0.15) is 46.1 Å². The summed E-state index contributed by atoms with van der Waals surface area (Å²) in [7, 11) is -2.63. The Morgan fingerprint density at radius 1 is 1.07 bits per heavy atom. The number of nitrogens with zero attached hydrogens (tertiary/aromatic N) is 6. The van der Waals surface area contributed by atoms with Crippen LogP contribution in [0.15, 0.2) is 47.3 Å². The largest absolute Gasteiger partial charge is 0.368 e. The van der Waals surface area contributed by atoms with E-state index in [9.17, 15) is 35.6 Å². The monoisotopic (exact) mass is 836 g/mol. The molecule has 0 aliphatic heterocycles. The zero-order valence-electron chi connectivity index (χ0n) is 29.7. The summed E-state index contributed by atoms with van der Waals surface area (Å²) in [4.78, 5) is 33.2. The van der Waals surface area contributed by atoms with Crippen LogP contribution in [0.4, 0.5) is 36.6 Å². The third kappa shape index (κ3) is 6.19. The molecule has 8 rings (SSSR count). The molecular weight excluding hydrogens is 809 g/mol. The second-order valence-electron chi connectivity index (χ2n) is 14.3. The first-order valence-electron chi connectivity index (χ1n) is 17.1. The summed E-state index contributed by atoms with van der Waals surface area (Å²) < 4.78 is 136. The number of nitrogens with two attached hydrogens (primary N) is 1. The number of aromatic nitrogens is 6. The van der Waals surface area contributed by atoms with E-state index in [-0.39, 0.29) is 50.5 Å². The lowest BCUT2D eigenvalue weighted by atomic mass is 9.89. The molecule has 6 aromatic rings. The number of halogens is 8. The normalized spacial score (nSPS) is 18.2. The van der Waals surface area contributed by atoms with Gasteiger partial charge in [-0.25, -0.2) is 40.0 Å². The topological polar surface area (TPSA) is 160 Å². The van der Waals surface area contributed by atoms with E-state index in [4.69, 9.17) is 17.3 Å². The number of primary amides is 1. The van der Waals surface area contributed by atoms with Gasteiger partial charge in [-0.05, 0) is 73.2 Å². The van der Waals surface area contributed by atoms with Gasteiger partial charge in [0, 0.05) is 24.6 Å². The van der Waals surface area contributed by atoms with Gasteiger partial charge in [0.25, 0.3) is 17.9 Å². The van der Waals surface area contributed by atoms with Crippen molar-refractivity contribution in [2.45, 2.75) is 50.0 Å². The van der Waals surface area contributed by atoms with E-state index in [1.165, 1.54) is 32.2 Å². The van der Waals surface area contributed by atoms with Crippen LogP contribution in [0.5, 0.6) is 0 Å². The Morgan fingerprint density at radius 2 is 1.75 bits per heavy atom. The first-order valence-corrected chi connectivity index (χ1v) is 19.3. The van der Waals surface area contributed by atoms with Gasteiger partial charge in [0.2, 0.25) is 15.9 Å². The fourth-order valence-electron chi connectivity index (χ4n) is 8.11. The van der Waals surface area contributed by atoms with E-state index in [1.54, 1.807) is 0 Å². The Hall–Kier alpha value is -5.50. The van der Waals surface area contributed by atoms with Gasteiger partial charge in [0.15, 0.2) is 5.82 Å². The molecule has 1 saturated carbocycles. The molecule has 3 aromatic carbocycles. The van der Waals surface area contributed by atoms with E-state index >= 15 is 13.2 Å². The highest BCUT2D eigenvalue weighted by atomic mass is 35.5. The lowest BCUT2D eigenvalue weighted by Gasteiger charge is -2.30. The minimum atomic E-state index is -3.98. The number of fused-ring (bicyclic) bond motifs is 5. The first kappa shape index (κ1) is 38.4. The van der Waals surface area contributed by atoms with E-state index in [2.05, 4.69) is 19.9 Å². The zero-order valence-corrected chi connectivity index (χ0v) is 31.2. The minimum absolute atomic E-state index is 0.0649. The van der Waals surface area contributed by atoms with Gasteiger partial charge >= 0.3 is 0 Å². The molecule has 0 radical (unpaired) electrons. The molecule has 4 atom stereocenters. The molecule has 1 unspecified atom stereocenters. The molecule has 1 fully saturated rings. The van der Waals surface area contributed by atoms with E-state index < -0.39 is 110 Å². The maximum Gasteiger partial charge on any atom is 0.293 e. The molecule has 1 amide bonds. The van der Waals surface area contributed by atoms with Gasteiger partial charge in [-0.3, -0.25) is 23.6 Å². The van der Waals surface area contributed by atoms with Crippen molar-refractivity contribution in [2.24, 2.45) is 18.7 Å². The standard InChI is InChI=1S/C36H28ClF7N8O4S/c1-13-6-21(40)26-22(7-13)46-34(51(35(26)54)23-5-4-20(37)25-29(23)50(2)48-33(25)49-57(3,55)56)18(10-14-8-15(38)11-16(39)9-14)28(32(45)53)52-30-24(27(47-52)31(41)42)17-12-19(17)36(30,43)44/h4-9,11,17-19,28,31H,10,12H2,1-3H3,(H2,45,53)(H,48,49)/t17-,18-,19+,28?/m0/s1. The van der Waals surface area contributed by atoms with Crippen molar-refractivity contribution >= 4 is 55.2 Å². The summed E-state index contributed by atoms with van der Waals surface area (Å²) in [6.45, 7) is 1.48. The molecule has 0 bridgehead atoms. The van der Waals surface area contributed by atoms with Crippen molar-refractivity contribution in [3.05, 3.63) is 109 Å². The second-order valence-corrected chi connectivity index (χ2v) is 16.4. The predicted octanol–water partition coefficient (Wildman–Crippen LogP) is 6.42. The van der Waals surface area contributed by atoms with Crippen LogP contribution in [-0.2, 0) is 34.2 Å². The maximum atomic E-state index is 16.1. The number of carbonyl (C=O) groups is 1. The number of nitrogens with one attached hydrogen (secondary N) is 1. The van der Waals surface area contributed by atoms with Crippen LogP contribution < -0.4 is 16.0 Å². The second kappa shape index (κ2) is 13.0. The van der Waals surface area contributed by atoms with Crippen molar-refractivity contribution in [1.82, 2.24) is 29.1 Å². The minimum Gasteiger partial charge on any atom is -0.368 e. The van der Waals surface area contributed by atoms with Gasteiger partial charge < -0.3 is 5.73 Å². The average Bonchev–Trinajstić information content (AvgIpc) is 3.61. The molecular formula is C36H28ClF7N8O4S. The molecule has 12 nitrogen and oxygen atoms in total. The lowest BCUT2D eigenvalue weighted by Crippen LogP contribution is -2.39. The highest BCUT2D eigenvalue weighted by molar-refractivity contribution is 7.92. The van der Waals surface area contributed by atoms with Crippen LogP contribution >= 0.6 is 11.6 Å². The number of hydrogen-bond donors (Lipinski definition) is 2. The summed E-state index contributed by atoms with van der Waals surface area (Å²) >= 11 is 6.55. The number of benzene rings is 3. The van der Waals surface area contributed by atoms with Crippen molar-refractivity contribution < 1.29 is 43.9 Å². The van der Waals surface area contributed by atoms with Crippen LogP contribution in [0.1, 0.15) is 64.6 Å². The summed E-state index contributed by atoms with van der Waals surface area (Å²) in [5.41, 5.74) is 1.80. The van der Waals surface area contributed by atoms with E-state index in [0.29, 0.717) is 10.7 Å². The van der Waals surface area contributed by atoms with Crippen molar-refractivity contribution in [3.8, 4) is 5.69 Å². The fraction of sp³-hybridized carbons (Fsp3) is 0.306. The number of anilines is 1. The first-order chi connectivity index (χ1) is 26.7. The van der Waals surface area contributed by atoms with Crippen LogP contribution in [0.2, 0.25) is 5.02 Å². The molecule has 3 N–H and O–H groups in total. The molecule has 3 heterocycles. The molecule has 2 aliphatic carbocycles. The summed E-state index contributed by atoms with van der Waals surface area (Å²) in [6, 6.07) is 4.88. The Balaban J connectivity index is 1.50. The van der Waals surface area contributed by atoms with Gasteiger partial charge in [-0.2, -0.15) is 19.0 Å². The maximum absolute atomic E-state index is 16.1. The molecule has 57 heavy (non-hydrogen) atoms. The summed E-state index contributed by atoms with van der Waals surface area (Å²) in [5, 5.41) is 7.31. The molecule has 3 aromatic heterocycles. The Labute approximate surface area is 322 Å². The number of hydrogen-bond acceptors (Lipinski definition) is 7. The molecule has 0 spiro atoms. The van der Waals surface area contributed by atoms with Crippen LogP contribution in [0.3, 0.4) is 0 Å². The molecule has 0 saturated heterocycles. The smallest absolute Gasteiger partial charge is 0.293 e. The number of aryl methyl sites for hydroxylation is 2. The van der Waals surface area contributed by atoms with E-state index in [0.717, 1.165) is 33.7 Å². The SMILES string of the molecule is Cc1cc(F)c2c(=O)n(-c3ccc(Cl)c4c(NS(C)(=O)=O)nn(C)c34)c([C@@H](Cc3cc(F)cc(F)c3)C(C(N)=O)n3nc(C(F)F)c4c3C(F)(F)[C@@H]3C[C@H]43)nc2c1. The number of sulfonamides is 1. The van der Waals surface area contributed by atoms with Gasteiger partial charge in [-0.15, -0.1) is 0 Å². The van der Waals surface area contributed by atoms with Crippen molar-refractivity contribution in [3.63, 3.8) is 0 Å². The van der Waals surface area contributed by atoms with Crippen LogP contribution in [-0.4, -0.2) is 49.7 Å². The summed E-state index contributed by atoms with van der Waals surface area (Å²) in [6.07, 6.45) is -3.37. The van der Waals surface area contributed by atoms with Crippen LogP contribution in [0, 0.1) is 30.3 Å². The molecule has 298 valence electrons. The Morgan fingerprint density at radius 3 is 2.39 bits per heavy atom. The highest BCUT2D eigenvalue weighted by Crippen LogP contribution is 2.68. The third-order valence-electron chi connectivity index (χ3n) is 10.3. The summed E-state index contributed by atoms with van der Waals surface area (Å²) in [5.74, 6) is -13.5. The average molecular weight is 837 g/mol. The van der Waals surface area contributed by atoms with E-state index in [1.807, 2.05) is 0 Å². The molecule has 2 aliphatic rings. The van der Waals surface area contributed by atoms with Crippen LogP contribution in [0.25, 0.3) is 27.5 Å². The van der Waals surface area contributed by atoms with Gasteiger partial charge in [-0.1, -0.05) is 11.6 Å². The lowest BCUT2D eigenvalue weighted by molar-refractivity contribution is -0.122. The zero-order chi connectivity index (χ0) is 41.2. The number of alkyl halides is 4. The van der Waals surface area contributed by atoms with Crippen molar-refractivity contribution in [2.75, 3.05) is 11.0 Å². The highest BCUT2D eigenvalue weighted by Gasteiger charge is 2.67.